The Bertz CT molecular complexity index is 1230. The number of rotatable bonds is 3. The Morgan fingerprint density at radius 2 is 1.67 bits per heavy atom. The van der Waals surface area contributed by atoms with E-state index >= 15 is 0 Å². The predicted octanol–water partition coefficient (Wildman–Crippen LogP) is 4.09. The standard InChI is InChI=1S/C24H24N4O2/c29-21-13-6-2-5-11-19(21)28-22(30)15-14-18(25-28)23-20-12-7-8-16-27(20)26-24(23)17-9-3-1-4-10-17/h1,3-4,7-10,12,14-16,19,21,29H,2,5-6,11,13H2. The van der Waals surface area contributed by atoms with Crippen LogP contribution in [0.2, 0.25) is 0 Å². The van der Waals surface area contributed by atoms with Crippen molar-refractivity contribution < 1.29 is 5.11 Å². The van der Waals surface area contributed by atoms with Crippen molar-refractivity contribution in [1.29, 1.82) is 0 Å². The van der Waals surface area contributed by atoms with Crippen LogP contribution in [0.4, 0.5) is 0 Å². The molecule has 0 amide bonds. The third-order valence-corrected chi connectivity index (χ3v) is 5.93. The Kier molecular flexibility index (Phi) is 4.93. The minimum atomic E-state index is -0.551. The van der Waals surface area contributed by atoms with Crippen molar-refractivity contribution >= 4 is 5.52 Å². The molecule has 0 saturated heterocycles. The van der Waals surface area contributed by atoms with Gasteiger partial charge in [-0.05, 0) is 31.0 Å². The monoisotopic (exact) mass is 400 g/mol. The zero-order chi connectivity index (χ0) is 20.5. The number of hydrogen-bond acceptors (Lipinski definition) is 4. The van der Waals surface area contributed by atoms with Crippen molar-refractivity contribution in [3.8, 4) is 22.5 Å². The van der Waals surface area contributed by atoms with Gasteiger partial charge in [-0.15, -0.1) is 0 Å². The van der Waals surface area contributed by atoms with Crippen LogP contribution < -0.4 is 5.56 Å². The van der Waals surface area contributed by atoms with Gasteiger partial charge in [-0.1, -0.05) is 55.7 Å². The molecule has 1 aromatic carbocycles. The van der Waals surface area contributed by atoms with Crippen LogP contribution in [0.1, 0.15) is 38.1 Å². The molecule has 30 heavy (non-hydrogen) atoms. The highest BCUT2D eigenvalue weighted by atomic mass is 16.3. The zero-order valence-electron chi connectivity index (χ0n) is 16.7. The normalized spacial score (nSPS) is 19.6. The zero-order valence-corrected chi connectivity index (χ0v) is 16.7. The SMILES string of the molecule is O=c1ccc(-c2c(-c3ccccc3)nn3ccccc23)nn1C1CCCCCC1O. The van der Waals surface area contributed by atoms with Gasteiger partial charge in [0.2, 0.25) is 0 Å². The first-order valence-electron chi connectivity index (χ1n) is 10.5. The molecule has 0 spiro atoms. The highest BCUT2D eigenvalue weighted by molar-refractivity contribution is 5.90. The average Bonchev–Trinajstić information content (AvgIpc) is 3.04. The summed E-state index contributed by atoms with van der Waals surface area (Å²) in [6.45, 7) is 0. The molecule has 4 aromatic rings. The summed E-state index contributed by atoms with van der Waals surface area (Å²) in [5.41, 5.74) is 4.13. The average molecular weight is 400 g/mol. The van der Waals surface area contributed by atoms with E-state index in [1.165, 1.54) is 4.68 Å². The smallest absolute Gasteiger partial charge is 0.267 e. The number of aromatic nitrogens is 4. The lowest BCUT2D eigenvalue weighted by molar-refractivity contribution is 0.0965. The van der Waals surface area contributed by atoms with Gasteiger partial charge in [0.25, 0.3) is 5.56 Å². The van der Waals surface area contributed by atoms with E-state index in [0.717, 1.165) is 48.0 Å². The number of benzene rings is 1. The Balaban J connectivity index is 1.70. The topological polar surface area (TPSA) is 72.4 Å². The molecule has 3 heterocycles. The molecule has 6 nitrogen and oxygen atoms in total. The Morgan fingerprint density at radius 3 is 2.53 bits per heavy atom. The second-order valence-corrected chi connectivity index (χ2v) is 7.89. The minimum Gasteiger partial charge on any atom is -0.391 e. The second-order valence-electron chi connectivity index (χ2n) is 7.89. The summed E-state index contributed by atoms with van der Waals surface area (Å²) in [4.78, 5) is 12.7. The molecule has 1 saturated carbocycles. The summed E-state index contributed by atoms with van der Waals surface area (Å²) in [7, 11) is 0. The van der Waals surface area contributed by atoms with E-state index in [1.54, 1.807) is 12.1 Å². The number of aliphatic hydroxyl groups excluding tert-OH is 1. The van der Waals surface area contributed by atoms with Crippen molar-refractivity contribution in [2.75, 3.05) is 0 Å². The van der Waals surface area contributed by atoms with E-state index in [0.29, 0.717) is 12.1 Å². The molecule has 1 N–H and O–H groups in total. The van der Waals surface area contributed by atoms with Crippen molar-refractivity contribution in [3.63, 3.8) is 0 Å². The molecular formula is C24H24N4O2. The highest BCUT2D eigenvalue weighted by Gasteiger charge is 2.26. The molecule has 0 aliphatic heterocycles. The molecule has 6 heteroatoms. The van der Waals surface area contributed by atoms with Crippen LogP contribution in [0.3, 0.4) is 0 Å². The van der Waals surface area contributed by atoms with Gasteiger partial charge in [0.1, 0.15) is 5.69 Å². The first-order chi connectivity index (χ1) is 14.7. The highest BCUT2D eigenvalue weighted by Crippen LogP contribution is 2.34. The number of hydrogen-bond donors (Lipinski definition) is 1. The third kappa shape index (κ3) is 3.33. The van der Waals surface area contributed by atoms with Crippen LogP contribution in [0, 0.1) is 0 Å². The molecule has 152 valence electrons. The minimum absolute atomic E-state index is 0.178. The maximum absolute atomic E-state index is 12.7. The molecule has 2 unspecified atom stereocenters. The van der Waals surface area contributed by atoms with Crippen LogP contribution >= 0.6 is 0 Å². The Hall–Kier alpha value is -3.25. The van der Waals surface area contributed by atoms with E-state index in [1.807, 2.05) is 59.2 Å². The summed E-state index contributed by atoms with van der Waals surface area (Å²) < 4.78 is 3.34. The molecule has 0 bridgehead atoms. The fraction of sp³-hybridized carbons (Fsp3) is 0.292. The van der Waals surface area contributed by atoms with Crippen LogP contribution in [0.5, 0.6) is 0 Å². The van der Waals surface area contributed by atoms with Crippen molar-refractivity contribution in [3.05, 3.63) is 77.2 Å². The molecule has 1 aliphatic rings. The largest absolute Gasteiger partial charge is 0.391 e. The predicted molar refractivity (Wildman–Crippen MR) is 116 cm³/mol. The Labute approximate surface area is 174 Å². The third-order valence-electron chi connectivity index (χ3n) is 5.93. The lowest BCUT2D eigenvalue weighted by atomic mass is 10.0. The van der Waals surface area contributed by atoms with E-state index in [2.05, 4.69) is 0 Å². The van der Waals surface area contributed by atoms with E-state index in [9.17, 15) is 9.90 Å². The lowest BCUT2D eigenvalue weighted by Gasteiger charge is -2.22. The van der Waals surface area contributed by atoms with Gasteiger partial charge >= 0.3 is 0 Å². The van der Waals surface area contributed by atoms with Gasteiger partial charge in [-0.2, -0.15) is 10.2 Å². The summed E-state index contributed by atoms with van der Waals surface area (Å²) in [6.07, 6.45) is 5.88. The maximum Gasteiger partial charge on any atom is 0.267 e. The first-order valence-corrected chi connectivity index (χ1v) is 10.5. The van der Waals surface area contributed by atoms with Gasteiger partial charge in [-0.3, -0.25) is 4.79 Å². The van der Waals surface area contributed by atoms with Crippen LogP contribution in [-0.2, 0) is 0 Å². The van der Waals surface area contributed by atoms with Crippen LogP contribution in [-0.4, -0.2) is 30.6 Å². The summed E-state index contributed by atoms with van der Waals surface area (Å²) >= 11 is 0. The molecule has 2 atom stereocenters. The summed E-state index contributed by atoms with van der Waals surface area (Å²) in [5.74, 6) is 0. The second kappa shape index (κ2) is 7.88. The van der Waals surface area contributed by atoms with Crippen LogP contribution in [0.15, 0.2) is 71.7 Å². The first kappa shape index (κ1) is 18.8. The fourth-order valence-corrected chi connectivity index (χ4v) is 4.40. The van der Waals surface area contributed by atoms with Crippen molar-refractivity contribution in [2.24, 2.45) is 0 Å². The van der Waals surface area contributed by atoms with Gasteiger partial charge in [-0.25, -0.2) is 9.20 Å². The molecular weight excluding hydrogens is 376 g/mol. The van der Waals surface area contributed by atoms with Crippen LogP contribution in [0.25, 0.3) is 28.0 Å². The number of pyridine rings is 1. The molecule has 0 radical (unpaired) electrons. The molecule has 3 aromatic heterocycles. The fourth-order valence-electron chi connectivity index (χ4n) is 4.40. The summed E-state index contributed by atoms with van der Waals surface area (Å²) in [6, 6.07) is 18.9. The van der Waals surface area contributed by atoms with E-state index < -0.39 is 6.10 Å². The lowest BCUT2D eigenvalue weighted by Crippen LogP contribution is -2.33. The number of fused-ring (bicyclic) bond motifs is 1. The Morgan fingerprint density at radius 1 is 0.867 bits per heavy atom. The number of nitrogens with zero attached hydrogens (tertiary/aromatic N) is 4. The molecule has 1 fully saturated rings. The van der Waals surface area contributed by atoms with Gasteiger partial charge in [0.05, 0.1) is 28.9 Å². The van der Waals surface area contributed by atoms with E-state index in [4.69, 9.17) is 10.2 Å². The van der Waals surface area contributed by atoms with Crippen molar-refractivity contribution in [2.45, 2.75) is 44.2 Å². The van der Waals surface area contributed by atoms with Gasteiger partial charge in [0.15, 0.2) is 0 Å². The van der Waals surface area contributed by atoms with Gasteiger partial charge in [0, 0.05) is 17.8 Å². The summed E-state index contributed by atoms with van der Waals surface area (Å²) in [5, 5.41) is 20.2. The quantitative estimate of drug-likeness (QED) is 0.526. The molecule has 1 aliphatic carbocycles. The number of aliphatic hydroxyl groups is 1. The maximum atomic E-state index is 12.7. The van der Waals surface area contributed by atoms with E-state index in [-0.39, 0.29) is 11.6 Å². The molecule has 5 rings (SSSR count). The van der Waals surface area contributed by atoms with Crippen molar-refractivity contribution in [1.82, 2.24) is 19.4 Å². The van der Waals surface area contributed by atoms with Gasteiger partial charge < -0.3 is 5.11 Å².